The van der Waals surface area contributed by atoms with E-state index >= 15 is 0 Å². The van der Waals surface area contributed by atoms with Gasteiger partial charge in [0.25, 0.3) is 0 Å². The molecule has 1 fully saturated rings. The molecule has 1 aliphatic rings. The number of rotatable bonds is 8. The third-order valence-corrected chi connectivity index (χ3v) is 4.52. The largest absolute Gasteiger partial charge is 0.494 e. The van der Waals surface area contributed by atoms with Gasteiger partial charge in [-0.1, -0.05) is 18.2 Å². The average molecular weight is 349 g/mol. The zero-order valence-corrected chi connectivity index (χ0v) is 15.6. The van der Waals surface area contributed by atoms with Gasteiger partial charge in [-0.05, 0) is 33.5 Å². The Kier molecular flexibility index (Phi) is 7.68. The lowest BCUT2D eigenvalue weighted by molar-refractivity contribution is -0.135. The minimum absolute atomic E-state index is 0.129. The van der Waals surface area contributed by atoms with Crippen LogP contribution in [0.15, 0.2) is 24.3 Å². The first-order chi connectivity index (χ1) is 12.0. The molecule has 1 saturated heterocycles. The van der Waals surface area contributed by atoms with E-state index in [1.807, 2.05) is 49.0 Å². The summed E-state index contributed by atoms with van der Waals surface area (Å²) in [5.41, 5.74) is 1.15. The fraction of sp³-hybridized carbons (Fsp3) is 0.632. The topological polar surface area (TPSA) is 56.2 Å². The number of carbonyl (C=O) groups is 1. The molecule has 6 nitrogen and oxygen atoms in total. The van der Waals surface area contributed by atoms with Gasteiger partial charge in [0.05, 0.1) is 13.2 Å². The van der Waals surface area contributed by atoms with Crippen molar-refractivity contribution in [3.05, 3.63) is 29.8 Å². The molecule has 0 aliphatic carbocycles. The minimum Gasteiger partial charge on any atom is -0.494 e. The second-order valence-corrected chi connectivity index (χ2v) is 6.75. The molecule has 1 amide bonds. The Morgan fingerprint density at radius 3 is 2.76 bits per heavy atom. The van der Waals surface area contributed by atoms with Crippen LogP contribution in [0.5, 0.6) is 5.75 Å². The van der Waals surface area contributed by atoms with Crippen LogP contribution in [0.25, 0.3) is 0 Å². The lowest BCUT2D eigenvalue weighted by atomic mass is 10.1. The van der Waals surface area contributed by atoms with Gasteiger partial charge in [-0.3, -0.25) is 9.69 Å². The maximum absolute atomic E-state index is 12.3. The number of carbonyl (C=O) groups excluding carboxylic acids is 1. The van der Waals surface area contributed by atoms with E-state index in [1.165, 1.54) is 0 Å². The number of amides is 1. The molecule has 0 unspecified atom stereocenters. The van der Waals surface area contributed by atoms with E-state index in [9.17, 15) is 9.90 Å². The van der Waals surface area contributed by atoms with Crippen LogP contribution in [0.4, 0.5) is 0 Å². The molecular formula is C19H31N3O3. The van der Waals surface area contributed by atoms with Crippen LogP contribution in [-0.4, -0.2) is 85.2 Å². The number of para-hydroxylation sites is 1. The number of piperazine rings is 1. The van der Waals surface area contributed by atoms with Crippen LogP contribution < -0.4 is 4.74 Å². The van der Waals surface area contributed by atoms with Gasteiger partial charge in [0.2, 0.25) is 5.91 Å². The van der Waals surface area contributed by atoms with Crippen molar-refractivity contribution in [1.29, 1.82) is 0 Å². The highest BCUT2D eigenvalue weighted by molar-refractivity contribution is 5.78. The van der Waals surface area contributed by atoms with Gasteiger partial charge in [-0.2, -0.15) is 0 Å². The standard InChI is InChI=1S/C19H31N3O3/c1-4-25-18-8-6-5-7-16(18)13-21-10-11-22(14-17(21)9-12-23)19(24)15-20(2)3/h5-8,17,23H,4,9-15H2,1-3H3/t17-/m0/s1. The van der Waals surface area contributed by atoms with E-state index in [2.05, 4.69) is 11.0 Å². The number of hydrogen-bond donors (Lipinski definition) is 1. The molecule has 1 atom stereocenters. The highest BCUT2D eigenvalue weighted by Crippen LogP contribution is 2.23. The van der Waals surface area contributed by atoms with Crippen LogP contribution in [-0.2, 0) is 11.3 Å². The molecule has 1 aliphatic heterocycles. The van der Waals surface area contributed by atoms with Gasteiger partial charge in [-0.15, -0.1) is 0 Å². The highest BCUT2D eigenvalue weighted by atomic mass is 16.5. The molecule has 140 valence electrons. The zero-order valence-electron chi connectivity index (χ0n) is 15.6. The molecule has 1 N–H and O–H groups in total. The summed E-state index contributed by atoms with van der Waals surface area (Å²) in [6, 6.07) is 8.26. The maximum atomic E-state index is 12.3. The number of likely N-dealkylation sites (N-methyl/N-ethyl adjacent to an activating group) is 1. The van der Waals surface area contributed by atoms with Gasteiger partial charge in [-0.25, -0.2) is 0 Å². The smallest absolute Gasteiger partial charge is 0.236 e. The van der Waals surface area contributed by atoms with Crippen molar-refractivity contribution in [2.75, 3.05) is 53.5 Å². The summed E-state index contributed by atoms with van der Waals surface area (Å²) >= 11 is 0. The van der Waals surface area contributed by atoms with E-state index < -0.39 is 0 Å². The third kappa shape index (κ3) is 5.70. The van der Waals surface area contributed by atoms with Gasteiger partial charge in [0.15, 0.2) is 0 Å². The van der Waals surface area contributed by atoms with Gasteiger partial charge >= 0.3 is 0 Å². The fourth-order valence-corrected chi connectivity index (χ4v) is 3.27. The molecular weight excluding hydrogens is 318 g/mol. The Balaban J connectivity index is 2.05. The predicted molar refractivity (Wildman–Crippen MR) is 98.6 cm³/mol. The summed E-state index contributed by atoms with van der Waals surface area (Å²) in [5.74, 6) is 1.07. The Morgan fingerprint density at radius 1 is 1.32 bits per heavy atom. The molecule has 1 aromatic carbocycles. The quantitative estimate of drug-likeness (QED) is 0.760. The number of benzene rings is 1. The van der Waals surface area contributed by atoms with Crippen molar-refractivity contribution in [3.8, 4) is 5.75 Å². The van der Waals surface area contributed by atoms with Crippen molar-refractivity contribution in [2.24, 2.45) is 0 Å². The van der Waals surface area contributed by atoms with Crippen molar-refractivity contribution >= 4 is 5.91 Å². The van der Waals surface area contributed by atoms with E-state index in [1.54, 1.807) is 0 Å². The average Bonchev–Trinajstić information content (AvgIpc) is 2.58. The molecule has 0 radical (unpaired) electrons. The predicted octanol–water partition coefficient (Wildman–Crippen LogP) is 1.04. The summed E-state index contributed by atoms with van der Waals surface area (Å²) in [6.45, 7) is 6.17. The lowest BCUT2D eigenvalue weighted by Gasteiger charge is -2.42. The van der Waals surface area contributed by atoms with Gasteiger partial charge in [0.1, 0.15) is 5.75 Å². The Hall–Kier alpha value is -1.63. The third-order valence-electron chi connectivity index (χ3n) is 4.52. The van der Waals surface area contributed by atoms with Crippen molar-refractivity contribution in [3.63, 3.8) is 0 Å². The SMILES string of the molecule is CCOc1ccccc1CN1CCN(C(=O)CN(C)C)C[C@@H]1CCO. The first kappa shape index (κ1) is 19.7. The minimum atomic E-state index is 0.129. The number of aliphatic hydroxyl groups excluding tert-OH is 1. The Labute approximate surface area is 151 Å². The monoisotopic (exact) mass is 349 g/mol. The Bertz CT molecular complexity index is 550. The molecule has 2 rings (SSSR count). The summed E-state index contributed by atoms with van der Waals surface area (Å²) in [6.07, 6.45) is 0.669. The lowest BCUT2D eigenvalue weighted by Crippen LogP contribution is -2.55. The molecule has 1 heterocycles. The zero-order chi connectivity index (χ0) is 18.2. The number of hydrogen-bond acceptors (Lipinski definition) is 5. The van der Waals surface area contributed by atoms with Crippen LogP contribution in [0.1, 0.15) is 18.9 Å². The van der Waals surface area contributed by atoms with E-state index in [4.69, 9.17) is 4.74 Å². The van der Waals surface area contributed by atoms with Crippen molar-refractivity contribution < 1.29 is 14.6 Å². The second-order valence-electron chi connectivity index (χ2n) is 6.75. The van der Waals surface area contributed by atoms with Gasteiger partial charge in [0, 0.05) is 44.4 Å². The number of aliphatic hydroxyl groups is 1. The molecule has 0 aromatic heterocycles. The van der Waals surface area contributed by atoms with Crippen LogP contribution >= 0.6 is 0 Å². The van der Waals surface area contributed by atoms with Crippen LogP contribution in [0.3, 0.4) is 0 Å². The summed E-state index contributed by atoms with van der Waals surface area (Å²) in [4.78, 5) is 18.5. The van der Waals surface area contributed by atoms with Crippen molar-refractivity contribution in [1.82, 2.24) is 14.7 Å². The number of nitrogens with zero attached hydrogens (tertiary/aromatic N) is 3. The molecule has 0 spiro atoms. The molecule has 25 heavy (non-hydrogen) atoms. The first-order valence-corrected chi connectivity index (χ1v) is 9.03. The second kappa shape index (κ2) is 9.75. The van der Waals surface area contributed by atoms with E-state index in [0.717, 1.165) is 30.9 Å². The maximum Gasteiger partial charge on any atom is 0.236 e. The van der Waals surface area contributed by atoms with E-state index in [-0.39, 0.29) is 18.6 Å². The number of ether oxygens (including phenoxy) is 1. The van der Waals surface area contributed by atoms with E-state index in [0.29, 0.717) is 26.1 Å². The summed E-state index contributed by atoms with van der Waals surface area (Å²) < 4.78 is 5.73. The summed E-state index contributed by atoms with van der Waals surface area (Å²) in [5, 5.41) is 9.45. The first-order valence-electron chi connectivity index (χ1n) is 9.03. The normalized spacial score (nSPS) is 18.6. The van der Waals surface area contributed by atoms with Crippen LogP contribution in [0, 0.1) is 0 Å². The molecule has 6 heteroatoms. The Morgan fingerprint density at radius 2 is 2.08 bits per heavy atom. The van der Waals surface area contributed by atoms with Crippen molar-refractivity contribution in [2.45, 2.75) is 25.9 Å². The molecule has 0 saturated carbocycles. The summed E-state index contributed by atoms with van der Waals surface area (Å²) in [7, 11) is 3.81. The highest BCUT2D eigenvalue weighted by Gasteiger charge is 2.29. The molecule has 1 aromatic rings. The van der Waals surface area contributed by atoms with Gasteiger partial charge < -0.3 is 19.6 Å². The molecule has 0 bridgehead atoms. The van der Waals surface area contributed by atoms with Crippen LogP contribution in [0.2, 0.25) is 0 Å². The fourth-order valence-electron chi connectivity index (χ4n) is 3.27.